The zero-order chi connectivity index (χ0) is 22.3. The SMILES string of the molecule is CC(C)CC(=O)OCC12CCC3C(C)(C)CCCC3(C)C1C(O)C=C(C=O)C2C=O. The van der Waals surface area contributed by atoms with E-state index in [-0.39, 0.29) is 35.2 Å². The number of aldehydes is 2. The zero-order valence-corrected chi connectivity index (χ0v) is 19.1. The van der Waals surface area contributed by atoms with Crippen molar-refractivity contribution in [3.63, 3.8) is 0 Å². The van der Waals surface area contributed by atoms with Gasteiger partial charge < -0.3 is 14.6 Å². The van der Waals surface area contributed by atoms with E-state index in [1.54, 1.807) is 6.08 Å². The number of carbonyl (C=O) groups excluding carboxylic acids is 3. The third-order valence-electron chi connectivity index (χ3n) is 8.54. The highest BCUT2D eigenvalue weighted by atomic mass is 16.5. The van der Waals surface area contributed by atoms with E-state index < -0.39 is 17.4 Å². The van der Waals surface area contributed by atoms with Gasteiger partial charge in [-0.2, -0.15) is 0 Å². The average molecular weight is 419 g/mol. The standard InChI is InChI=1S/C25H38O5/c1-16(2)11-21(29)30-15-25-10-7-20-23(3,4)8-6-9-24(20,5)22(25)19(28)12-17(13-26)18(25)14-27/h12-14,16,18-20,22,28H,6-11,15H2,1-5H3. The van der Waals surface area contributed by atoms with Gasteiger partial charge in [0.2, 0.25) is 0 Å². The van der Waals surface area contributed by atoms with E-state index in [9.17, 15) is 19.5 Å². The number of hydrogen-bond acceptors (Lipinski definition) is 5. The molecule has 0 heterocycles. The summed E-state index contributed by atoms with van der Waals surface area (Å²) in [5.74, 6) is -0.568. The van der Waals surface area contributed by atoms with E-state index in [0.717, 1.165) is 32.0 Å². The summed E-state index contributed by atoms with van der Waals surface area (Å²) in [6.07, 6.45) is 7.38. The van der Waals surface area contributed by atoms with Crippen LogP contribution < -0.4 is 0 Å². The molecular formula is C25H38O5. The molecule has 1 N–H and O–H groups in total. The van der Waals surface area contributed by atoms with Crippen molar-refractivity contribution in [3.05, 3.63) is 11.6 Å². The second-order valence-electron chi connectivity index (χ2n) is 11.3. The lowest BCUT2D eigenvalue weighted by Crippen LogP contribution is -2.64. The molecule has 6 atom stereocenters. The summed E-state index contributed by atoms with van der Waals surface area (Å²) in [4.78, 5) is 36.5. The molecule has 2 saturated carbocycles. The monoisotopic (exact) mass is 418 g/mol. The molecule has 0 aliphatic heterocycles. The van der Waals surface area contributed by atoms with Crippen LogP contribution in [0, 0.1) is 39.9 Å². The first-order valence-electron chi connectivity index (χ1n) is 11.5. The van der Waals surface area contributed by atoms with E-state index in [4.69, 9.17) is 4.74 Å². The number of aliphatic hydroxyl groups excluding tert-OH is 1. The lowest BCUT2D eigenvalue weighted by Gasteiger charge is -2.65. The molecule has 30 heavy (non-hydrogen) atoms. The Balaban J connectivity index is 2.06. The summed E-state index contributed by atoms with van der Waals surface area (Å²) in [6.45, 7) is 10.9. The first-order valence-corrected chi connectivity index (χ1v) is 11.5. The van der Waals surface area contributed by atoms with Crippen molar-refractivity contribution < 1.29 is 24.2 Å². The third-order valence-corrected chi connectivity index (χ3v) is 8.54. The summed E-state index contributed by atoms with van der Waals surface area (Å²) in [5, 5.41) is 11.3. The molecule has 5 nitrogen and oxygen atoms in total. The summed E-state index contributed by atoms with van der Waals surface area (Å²) in [6, 6.07) is 0. The van der Waals surface area contributed by atoms with Crippen LogP contribution in [0.15, 0.2) is 11.6 Å². The van der Waals surface area contributed by atoms with Crippen LogP contribution >= 0.6 is 0 Å². The Morgan fingerprint density at radius 2 is 1.93 bits per heavy atom. The average Bonchev–Trinajstić information content (AvgIpc) is 2.64. The number of ether oxygens (including phenoxy) is 1. The van der Waals surface area contributed by atoms with Gasteiger partial charge in [0.05, 0.1) is 18.6 Å². The van der Waals surface area contributed by atoms with Gasteiger partial charge in [0.15, 0.2) is 0 Å². The van der Waals surface area contributed by atoms with Gasteiger partial charge in [0, 0.05) is 23.3 Å². The molecular weight excluding hydrogens is 380 g/mol. The Bertz CT molecular complexity index is 723. The quantitative estimate of drug-likeness (QED) is 0.518. The molecule has 0 aromatic rings. The molecule has 0 amide bonds. The number of fused-ring (bicyclic) bond motifs is 3. The highest BCUT2D eigenvalue weighted by molar-refractivity contribution is 5.82. The maximum absolute atomic E-state index is 12.4. The fourth-order valence-corrected chi connectivity index (χ4v) is 7.48. The van der Waals surface area contributed by atoms with Gasteiger partial charge in [-0.1, -0.05) is 41.0 Å². The number of hydrogen-bond donors (Lipinski definition) is 1. The largest absolute Gasteiger partial charge is 0.465 e. The van der Waals surface area contributed by atoms with Crippen molar-refractivity contribution in [2.75, 3.05) is 6.61 Å². The van der Waals surface area contributed by atoms with Crippen LogP contribution in [-0.4, -0.2) is 36.4 Å². The van der Waals surface area contributed by atoms with Crippen LogP contribution in [0.5, 0.6) is 0 Å². The maximum atomic E-state index is 12.4. The van der Waals surface area contributed by atoms with Gasteiger partial charge in [0.25, 0.3) is 0 Å². The summed E-state index contributed by atoms with van der Waals surface area (Å²) < 4.78 is 5.75. The van der Waals surface area contributed by atoms with Gasteiger partial charge in [-0.25, -0.2) is 0 Å². The smallest absolute Gasteiger partial charge is 0.306 e. The van der Waals surface area contributed by atoms with Crippen molar-refractivity contribution in [1.82, 2.24) is 0 Å². The minimum Gasteiger partial charge on any atom is -0.465 e. The van der Waals surface area contributed by atoms with Gasteiger partial charge in [-0.3, -0.25) is 9.59 Å². The molecule has 0 spiro atoms. The van der Waals surface area contributed by atoms with E-state index in [1.807, 2.05) is 13.8 Å². The Kier molecular flexibility index (Phi) is 6.35. The Morgan fingerprint density at radius 1 is 1.23 bits per heavy atom. The third kappa shape index (κ3) is 3.68. The van der Waals surface area contributed by atoms with E-state index in [2.05, 4.69) is 20.8 Å². The lowest BCUT2D eigenvalue weighted by atomic mass is 9.39. The van der Waals surface area contributed by atoms with Gasteiger partial charge in [0.1, 0.15) is 12.6 Å². The minimum absolute atomic E-state index is 0.0810. The highest BCUT2D eigenvalue weighted by Gasteiger charge is 2.65. The zero-order valence-electron chi connectivity index (χ0n) is 19.1. The molecule has 168 valence electrons. The molecule has 3 rings (SSSR count). The molecule has 3 aliphatic rings. The number of aliphatic hydroxyl groups is 1. The van der Waals surface area contributed by atoms with Crippen LogP contribution in [0.3, 0.4) is 0 Å². The minimum atomic E-state index is -0.827. The van der Waals surface area contributed by atoms with Crippen LogP contribution in [-0.2, 0) is 19.1 Å². The Hall–Kier alpha value is -1.49. The molecule has 0 aromatic carbocycles. The highest BCUT2D eigenvalue weighted by Crippen LogP contribution is 2.68. The van der Waals surface area contributed by atoms with Gasteiger partial charge in [-0.05, 0) is 54.4 Å². The van der Waals surface area contributed by atoms with Crippen molar-refractivity contribution >= 4 is 18.5 Å². The first-order chi connectivity index (χ1) is 14.0. The Labute approximate surface area is 180 Å². The molecule has 2 fully saturated rings. The normalized spacial score (nSPS) is 40.0. The van der Waals surface area contributed by atoms with Crippen molar-refractivity contribution in [3.8, 4) is 0 Å². The van der Waals surface area contributed by atoms with Gasteiger partial charge in [-0.15, -0.1) is 0 Å². The molecule has 0 radical (unpaired) electrons. The van der Waals surface area contributed by atoms with E-state index in [0.29, 0.717) is 30.6 Å². The fraction of sp³-hybridized carbons (Fsp3) is 0.800. The fourth-order valence-electron chi connectivity index (χ4n) is 7.48. The lowest BCUT2D eigenvalue weighted by molar-refractivity contribution is -0.201. The molecule has 3 aliphatic carbocycles. The molecule has 0 saturated heterocycles. The van der Waals surface area contributed by atoms with Crippen LogP contribution in [0.1, 0.15) is 73.1 Å². The molecule has 5 heteroatoms. The van der Waals surface area contributed by atoms with Crippen LogP contribution in [0.4, 0.5) is 0 Å². The predicted molar refractivity (Wildman–Crippen MR) is 115 cm³/mol. The molecule has 0 bridgehead atoms. The second-order valence-corrected chi connectivity index (χ2v) is 11.3. The van der Waals surface area contributed by atoms with Gasteiger partial charge >= 0.3 is 5.97 Å². The van der Waals surface area contributed by atoms with Crippen molar-refractivity contribution in [2.45, 2.75) is 79.2 Å². The van der Waals surface area contributed by atoms with Crippen LogP contribution in [0.2, 0.25) is 0 Å². The Morgan fingerprint density at radius 3 is 2.53 bits per heavy atom. The number of rotatable bonds is 6. The molecule has 6 unspecified atom stereocenters. The van der Waals surface area contributed by atoms with Crippen LogP contribution in [0.25, 0.3) is 0 Å². The summed E-state index contributed by atoms with van der Waals surface area (Å²) >= 11 is 0. The number of allylic oxidation sites excluding steroid dienone is 1. The van der Waals surface area contributed by atoms with E-state index in [1.165, 1.54) is 0 Å². The molecule has 0 aromatic heterocycles. The second kappa shape index (κ2) is 8.22. The topological polar surface area (TPSA) is 80.7 Å². The van der Waals surface area contributed by atoms with E-state index >= 15 is 0 Å². The predicted octanol–water partition coefficient (Wildman–Crippen LogP) is 4.12. The summed E-state index contributed by atoms with van der Waals surface area (Å²) in [7, 11) is 0. The number of carbonyl (C=O) groups is 3. The van der Waals surface area contributed by atoms with Crippen molar-refractivity contribution in [1.29, 1.82) is 0 Å². The summed E-state index contributed by atoms with van der Waals surface area (Å²) in [5.41, 5.74) is -0.447. The van der Waals surface area contributed by atoms with Crippen molar-refractivity contribution in [2.24, 2.45) is 39.9 Å². The first kappa shape index (κ1) is 23.2. The maximum Gasteiger partial charge on any atom is 0.306 e. The number of esters is 1.